The fourth-order valence-electron chi connectivity index (χ4n) is 1.87. The summed E-state index contributed by atoms with van der Waals surface area (Å²) in [6, 6.07) is 6.92. The summed E-state index contributed by atoms with van der Waals surface area (Å²) in [4.78, 5) is 11.6. The largest absolute Gasteiger partial charge is 0.338 e. The standard InChI is InChI=1S/C12H16ClN3O/c13-10-2-1-3-11(6-10)16-12(17)15-8-9-4-5-14-7-9/h1-3,6,9,14H,4-5,7-8H2,(H2,15,16,17). The minimum Gasteiger partial charge on any atom is -0.338 e. The third kappa shape index (κ3) is 3.91. The molecule has 1 saturated heterocycles. The topological polar surface area (TPSA) is 53.2 Å². The average molecular weight is 254 g/mol. The van der Waals surface area contributed by atoms with Crippen LogP contribution in [0.1, 0.15) is 6.42 Å². The number of halogens is 1. The van der Waals surface area contributed by atoms with Crippen molar-refractivity contribution >= 4 is 23.3 Å². The molecule has 1 heterocycles. The van der Waals surface area contributed by atoms with Gasteiger partial charge in [-0.25, -0.2) is 4.79 Å². The maximum Gasteiger partial charge on any atom is 0.319 e. The zero-order chi connectivity index (χ0) is 12.1. The number of benzene rings is 1. The van der Waals surface area contributed by atoms with Crippen LogP contribution < -0.4 is 16.0 Å². The van der Waals surface area contributed by atoms with Crippen LogP contribution in [0.3, 0.4) is 0 Å². The molecule has 1 aliphatic rings. The first-order chi connectivity index (χ1) is 8.24. The molecule has 17 heavy (non-hydrogen) atoms. The highest BCUT2D eigenvalue weighted by Gasteiger charge is 2.14. The van der Waals surface area contributed by atoms with Gasteiger partial charge in [-0.3, -0.25) is 0 Å². The molecule has 3 N–H and O–H groups in total. The third-order valence-corrected chi connectivity index (χ3v) is 3.03. The van der Waals surface area contributed by atoms with Crippen molar-refractivity contribution in [3.63, 3.8) is 0 Å². The number of carbonyl (C=O) groups excluding carboxylic acids is 1. The molecule has 0 spiro atoms. The fourth-order valence-corrected chi connectivity index (χ4v) is 2.06. The van der Waals surface area contributed by atoms with E-state index < -0.39 is 0 Å². The molecule has 0 aliphatic carbocycles. The predicted molar refractivity (Wildman–Crippen MR) is 69.5 cm³/mol. The van der Waals surface area contributed by atoms with Crippen LogP contribution >= 0.6 is 11.6 Å². The van der Waals surface area contributed by atoms with Crippen LogP contribution in [0.15, 0.2) is 24.3 Å². The van der Waals surface area contributed by atoms with E-state index in [4.69, 9.17) is 11.6 Å². The van der Waals surface area contributed by atoms with Gasteiger partial charge in [0.1, 0.15) is 0 Å². The number of rotatable bonds is 3. The molecular weight excluding hydrogens is 238 g/mol. The Morgan fingerprint density at radius 3 is 3.12 bits per heavy atom. The minimum absolute atomic E-state index is 0.181. The summed E-state index contributed by atoms with van der Waals surface area (Å²) in [5.74, 6) is 0.542. The van der Waals surface area contributed by atoms with Gasteiger partial charge in [0, 0.05) is 17.3 Å². The molecule has 1 aromatic rings. The van der Waals surface area contributed by atoms with Crippen molar-refractivity contribution in [1.82, 2.24) is 10.6 Å². The van der Waals surface area contributed by atoms with Gasteiger partial charge in [0.15, 0.2) is 0 Å². The molecule has 1 unspecified atom stereocenters. The molecular formula is C12H16ClN3O. The highest BCUT2D eigenvalue weighted by Crippen LogP contribution is 2.14. The molecule has 92 valence electrons. The number of nitrogens with one attached hydrogen (secondary N) is 3. The number of hydrogen-bond acceptors (Lipinski definition) is 2. The summed E-state index contributed by atoms with van der Waals surface area (Å²) in [6.45, 7) is 2.74. The quantitative estimate of drug-likeness (QED) is 0.773. The molecule has 0 aromatic heterocycles. The SMILES string of the molecule is O=C(NCC1CCNC1)Nc1cccc(Cl)c1. The van der Waals surface area contributed by atoms with Crippen molar-refractivity contribution in [2.24, 2.45) is 5.92 Å². The minimum atomic E-state index is -0.181. The van der Waals surface area contributed by atoms with Gasteiger partial charge in [-0.15, -0.1) is 0 Å². The van der Waals surface area contributed by atoms with Gasteiger partial charge < -0.3 is 16.0 Å². The van der Waals surface area contributed by atoms with E-state index in [-0.39, 0.29) is 6.03 Å². The molecule has 4 nitrogen and oxygen atoms in total. The molecule has 2 amide bonds. The predicted octanol–water partition coefficient (Wildman–Crippen LogP) is 2.07. The molecule has 1 aliphatic heterocycles. The van der Waals surface area contributed by atoms with Gasteiger partial charge in [0.05, 0.1) is 0 Å². The highest BCUT2D eigenvalue weighted by atomic mass is 35.5. The molecule has 1 atom stereocenters. The lowest BCUT2D eigenvalue weighted by molar-refractivity contribution is 0.250. The monoisotopic (exact) mass is 253 g/mol. The molecule has 0 saturated carbocycles. The van der Waals surface area contributed by atoms with Gasteiger partial charge in [-0.2, -0.15) is 0 Å². The molecule has 0 bridgehead atoms. The molecule has 5 heteroatoms. The normalized spacial score (nSPS) is 19.0. The van der Waals surface area contributed by atoms with E-state index in [2.05, 4.69) is 16.0 Å². The summed E-state index contributed by atoms with van der Waals surface area (Å²) in [5, 5.41) is 9.49. The second-order valence-corrected chi connectivity index (χ2v) is 4.64. The zero-order valence-corrected chi connectivity index (χ0v) is 10.3. The highest BCUT2D eigenvalue weighted by molar-refractivity contribution is 6.30. The Hall–Kier alpha value is -1.26. The van der Waals surface area contributed by atoms with E-state index in [0.29, 0.717) is 23.2 Å². The maximum atomic E-state index is 11.6. The van der Waals surface area contributed by atoms with Gasteiger partial charge in [0.25, 0.3) is 0 Å². The summed E-state index contributed by atoms with van der Waals surface area (Å²) >= 11 is 5.83. The summed E-state index contributed by atoms with van der Waals surface area (Å²) in [5.41, 5.74) is 0.708. The van der Waals surface area contributed by atoms with Crippen LogP contribution in [0.2, 0.25) is 5.02 Å². The Bertz CT molecular complexity index is 391. The van der Waals surface area contributed by atoms with E-state index in [0.717, 1.165) is 19.5 Å². The Morgan fingerprint density at radius 1 is 1.53 bits per heavy atom. The number of urea groups is 1. The first kappa shape index (κ1) is 12.2. The van der Waals surface area contributed by atoms with Crippen LogP contribution in [-0.4, -0.2) is 25.7 Å². The summed E-state index contributed by atoms with van der Waals surface area (Å²) < 4.78 is 0. The van der Waals surface area contributed by atoms with Crippen molar-refractivity contribution in [2.75, 3.05) is 25.0 Å². The second kappa shape index (κ2) is 5.89. The van der Waals surface area contributed by atoms with Crippen molar-refractivity contribution in [3.05, 3.63) is 29.3 Å². The molecule has 1 fully saturated rings. The van der Waals surface area contributed by atoms with Gasteiger partial charge in [-0.1, -0.05) is 17.7 Å². The van der Waals surface area contributed by atoms with E-state index in [1.807, 2.05) is 6.07 Å². The van der Waals surface area contributed by atoms with E-state index >= 15 is 0 Å². The number of amides is 2. The Labute approximate surface area is 106 Å². The van der Waals surface area contributed by atoms with Gasteiger partial charge >= 0.3 is 6.03 Å². The van der Waals surface area contributed by atoms with Crippen LogP contribution in [0.5, 0.6) is 0 Å². The van der Waals surface area contributed by atoms with Crippen molar-refractivity contribution in [2.45, 2.75) is 6.42 Å². The van der Waals surface area contributed by atoms with Gasteiger partial charge in [0.2, 0.25) is 0 Å². The Balaban J connectivity index is 1.76. The van der Waals surface area contributed by atoms with Crippen LogP contribution in [0.25, 0.3) is 0 Å². The van der Waals surface area contributed by atoms with Crippen molar-refractivity contribution in [1.29, 1.82) is 0 Å². The van der Waals surface area contributed by atoms with Gasteiger partial charge in [-0.05, 0) is 43.6 Å². The maximum absolute atomic E-state index is 11.6. The Kier molecular flexibility index (Phi) is 4.23. The average Bonchev–Trinajstić information content (AvgIpc) is 2.79. The lowest BCUT2D eigenvalue weighted by Gasteiger charge is -2.11. The summed E-state index contributed by atoms with van der Waals surface area (Å²) in [6.07, 6.45) is 1.12. The number of hydrogen-bond donors (Lipinski definition) is 3. The smallest absolute Gasteiger partial charge is 0.319 e. The zero-order valence-electron chi connectivity index (χ0n) is 9.50. The lowest BCUT2D eigenvalue weighted by Crippen LogP contribution is -2.33. The van der Waals surface area contributed by atoms with Crippen LogP contribution in [0, 0.1) is 5.92 Å². The lowest BCUT2D eigenvalue weighted by atomic mass is 10.1. The molecule has 1 aromatic carbocycles. The first-order valence-electron chi connectivity index (χ1n) is 5.75. The first-order valence-corrected chi connectivity index (χ1v) is 6.13. The van der Waals surface area contributed by atoms with Crippen molar-refractivity contribution < 1.29 is 4.79 Å². The van der Waals surface area contributed by atoms with E-state index in [9.17, 15) is 4.79 Å². The number of carbonyl (C=O) groups is 1. The fraction of sp³-hybridized carbons (Fsp3) is 0.417. The van der Waals surface area contributed by atoms with E-state index in [1.54, 1.807) is 18.2 Å². The summed E-state index contributed by atoms with van der Waals surface area (Å²) in [7, 11) is 0. The molecule has 0 radical (unpaired) electrons. The molecule has 2 rings (SSSR count). The second-order valence-electron chi connectivity index (χ2n) is 4.20. The third-order valence-electron chi connectivity index (χ3n) is 2.80. The van der Waals surface area contributed by atoms with Crippen molar-refractivity contribution in [3.8, 4) is 0 Å². The van der Waals surface area contributed by atoms with Crippen LogP contribution in [0.4, 0.5) is 10.5 Å². The van der Waals surface area contributed by atoms with E-state index in [1.165, 1.54) is 0 Å². The Morgan fingerprint density at radius 2 is 2.41 bits per heavy atom. The number of anilines is 1. The van der Waals surface area contributed by atoms with Crippen LogP contribution in [-0.2, 0) is 0 Å².